The van der Waals surface area contributed by atoms with Gasteiger partial charge >= 0.3 is 103 Å². The third kappa shape index (κ3) is 3.84. The molecule has 64 valence electrons. The van der Waals surface area contributed by atoms with E-state index >= 15 is 0 Å². The molecule has 0 atom stereocenters. The van der Waals surface area contributed by atoms with Crippen LogP contribution in [0.1, 0.15) is 0 Å². The first-order chi connectivity index (χ1) is 5.46. The predicted octanol–water partition coefficient (Wildman–Crippen LogP) is -6.92. The third-order valence-electron chi connectivity index (χ3n) is 1.21. The molecule has 0 unspecified atom stereocenters. The van der Waals surface area contributed by atoms with Crippen LogP contribution in [0.25, 0.3) is 0 Å². The molecule has 0 heterocycles. The Bertz CT molecular complexity index is 286. The van der Waals surface area contributed by atoms with Gasteiger partial charge in [0.1, 0.15) is 0 Å². The minimum Gasteiger partial charge on any atom is -0.869 e. The van der Waals surface area contributed by atoms with E-state index in [9.17, 15) is 19.8 Å². The number of ketones is 2. The Morgan fingerprint density at radius 3 is 1.21 bits per heavy atom. The van der Waals surface area contributed by atoms with E-state index in [0.717, 1.165) is 0 Å². The fourth-order valence-corrected chi connectivity index (χ4v) is 1.33. The van der Waals surface area contributed by atoms with Gasteiger partial charge in [0, 0.05) is 0 Å². The van der Waals surface area contributed by atoms with E-state index in [2.05, 4.69) is 31.9 Å². The molecule has 0 N–H and O–H groups in total. The summed E-state index contributed by atoms with van der Waals surface area (Å²) in [5.41, 5.74) is 0. The summed E-state index contributed by atoms with van der Waals surface area (Å²) in [5, 5.41) is 21.7. The van der Waals surface area contributed by atoms with Gasteiger partial charge in [0.05, 0.1) is 8.96 Å². The largest absolute Gasteiger partial charge is 1.00 e. The summed E-state index contributed by atoms with van der Waals surface area (Å²) in [6.07, 6.45) is 0. The average molecular weight is 374 g/mol. The molecule has 0 aromatic carbocycles. The SMILES string of the molecule is O=C1C([O-])=C(Br)C(=O)C([O-])=C1Br.[K+].[K+]. The molecule has 0 aliphatic heterocycles. The molecule has 0 spiro atoms. The van der Waals surface area contributed by atoms with Gasteiger partial charge in [-0.25, -0.2) is 0 Å². The van der Waals surface area contributed by atoms with Crippen molar-refractivity contribution in [1.29, 1.82) is 0 Å². The van der Waals surface area contributed by atoms with Gasteiger partial charge < -0.3 is 10.2 Å². The van der Waals surface area contributed by atoms with Crippen molar-refractivity contribution in [2.75, 3.05) is 0 Å². The normalized spacial score (nSPS) is 16.4. The molecular formula is C6Br2K2O4. The number of halogens is 2. The second kappa shape index (κ2) is 7.88. The number of carbonyl (C=O) groups is 2. The molecule has 0 saturated carbocycles. The molecule has 0 aromatic heterocycles. The number of hydrogen-bond acceptors (Lipinski definition) is 4. The zero-order valence-corrected chi connectivity index (χ0v) is 16.8. The van der Waals surface area contributed by atoms with Gasteiger partial charge in [0.15, 0.2) is 11.6 Å². The number of carbonyl (C=O) groups excluding carboxylic acids is 2. The molecule has 8 heteroatoms. The summed E-state index contributed by atoms with van der Waals surface area (Å²) < 4.78 is -0.999. The van der Waals surface area contributed by atoms with E-state index in [-0.39, 0.29) is 103 Å². The summed E-state index contributed by atoms with van der Waals surface area (Å²) in [5.74, 6) is -3.98. The van der Waals surface area contributed by atoms with Crippen LogP contribution in [0.5, 0.6) is 0 Å². The maximum Gasteiger partial charge on any atom is 1.00 e. The van der Waals surface area contributed by atoms with Crippen molar-refractivity contribution in [2.24, 2.45) is 0 Å². The van der Waals surface area contributed by atoms with Gasteiger partial charge in [0.25, 0.3) is 0 Å². The Labute approximate surface area is 182 Å². The minimum absolute atomic E-state index is 0. The Morgan fingerprint density at radius 2 is 1.00 bits per heavy atom. The van der Waals surface area contributed by atoms with Crippen LogP contribution in [0, 0.1) is 0 Å². The van der Waals surface area contributed by atoms with Gasteiger partial charge in [-0.2, -0.15) is 0 Å². The van der Waals surface area contributed by atoms with Gasteiger partial charge in [0.2, 0.25) is 0 Å². The van der Waals surface area contributed by atoms with Crippen LogP contribution >= 0.6 is 31.9 Å². The van der Waals surface area contributed by atoms with Crippen LogP contribution in [-0.4, -0.2) is 11.6 Å². The molecule has 1 aliphatic carbocycles. The Kier molecular flexibility index (Phi) is 10.7. The zero-order chi connectivity index (χ0) is 9.46. The topological polar surface area (TPSA) is 80.3 Å². The fourth-order valence-electron chi connectivity index (χ4n) is 0.605. The Balaban J connectivity index is 0. The summed E-state index contributed by atoms with van der Waals surface area (Å²) in [6, 6.07) is 0. The molecule has 1 aliphatic rings. The fraction of sp³-hybridized carbons (Fsp3) is 0. The average Bonchev–Trinajstić information content (AvgIpc) is 2.08. The van der Waals surface area contributed by atoms with Gasteiger partial charge in [-0.1, -0.05) is 0 Å². The second-order valence-electron chi connectivity index (χ2n) is 1.94. The maximum atomic E-state index is 10.8. The van der Waals surface area contributed by atoms with Crippen molar-refractivity contribution in [3.05, 3.63) is 20.5 Å². The van der Waals surface area contributed by atoms with E-state index < -0.39 is 32.0 Å². The maximum absolute atomic E-state index is 10.8. The van der Waals surface area contributed by atoms with E-state index in [1.165, 1.54) is 0 Å². The first-order valence-electron chi connectivity index (χ1n) is 2.69. The molecule has 4 nitrogen and oxygen atoms in total. The van der Waals surface area contributed by atoms with Crippen LogP contribution in [0.3, 0.4) is 0 Å². The summed E-state index contributed by atoms with van der Waals surface area (Å²) >= 11 is 5.14. The summed E-state index contributed by atoms with van der Waals surface area (Å²) in [6.45, 7) is 0. The van der Waals surface area contributed by atoms with Crippen LogP contribution < -0.4 is 113 Å². The van der Waals surface area contributed by atoms with Gasteiger partial charge in [-0.15, -0.1) is 0 Å². The number of allylic oxidation sites excluding steroid dienone is 2. The van der Waals surface area contributed by atoms with Crippen molar-refractivity contribution in [2.45, 2.75) is 0 Å². The molecule has 0 amide bonds. The quantitative estimate of drug-likeness (QED) is 0.312. The van der Waals surface area contributed by atoms with Crippen LogP contribution in [0.2, 0.25) is 0 Å². The molecule has 1 rings (SSSR count). The van der Waals surface area contributed by atoms with Crippen molar-refractivity contribution in [1.82, 2.24) is 0 Å². The smallest absolute Gasteiger partial charge is 0.869 e. The van der Waals surface area contributed by atoms with Crippen LogP contribution in [0.4, 0.5) is 0 Å². The standard InChI is InChI=1S/C6H2Br2O4.2K/c7-1-3(9)5(11)2(8)6(12)4(1)10;;/h9,12H;;/q;2*+1/p-2. The zero-order valence-electron chi connectivity index (χ0n) is 7.39. The predicted molar refractivity (Wildman–Crippen MR) is 41.9 cm³/mol. The molecule has 0 fully saturated rings. The van der Waals surface area contributed by atoms with Crippen LogP contribution in [-0.2, 0) is 9.59 Å². The second-order valence-corrected chi connectivity index (χ2v) is 3.53. The number of Topliss-reactive ketones (excluding diaryl/α,β-unsaturated/α-hetero) is 2. The third-order valence-corrected chi connectivity index (χ3v) is 2.65. The monoisotopic (exact) mass is 372 g/mol. The molecule has 0 radical (unpaired) electrons. The Hall–Kier alpha value is 2.65. The van der Waals surface area contributed by atoms with E-state index in [4.69, 9.17) is 0 Å². The van der Waals surface area contributed by atoms with E-state index in [0.29, 0.717) is 0 Å². The first kappa shape index (κ1) is 19.0. The summed E-state index contributed by atoms with van der Waals surface area (Å²) in [4.78, 5) is 21.7. The van der Waals surface area contributed by atoms with Crippen molar-refractivity contribution in [3.8, 4) is 0 Å². The first-order valence-corrected chi connectivity index (χ1v) is 4.28. The van der Waals surface area contributed by atoms with Gasteiger partial charge in [-0.05, 0) is 43.4 Å². The summed E-state index contributed by atoms with van der Waals surface area (Å²) in [7, 11) is 0. The minimum atomic E-state index is -0.994. The van der Waals surface area contributed by atoms with Crippen molar-refractivity contribution in [3.63, 3.8) is 0 Å². The molecule has 0 bridgehead atoms. The van der Waals surface area contributed by atoms with Crippen LogP contribution in [0.15, 0.2) is 20.5 Å². The van der Waals surface area contributed by atoms with E-state index in [1.807, 2.05) is 0 Å². The van der Waals surface area contributed by atoms with E-state index in [1.54, 1.807) is 0 Å². The molecule has 0 saturated heterocycles. The number of rotatable bonds is 0. The molecule has 0 aromatic rings. The van der Waals surface area contributed by atoms with Crippen molar-refractivity contribution >= 4 is 43.4 Å². The molecular weight excluding hydrogens is 374 g/mol. The Morgan fingerprint density at radius 1 is 0.786 bits per heavy atom. The van der Waals surface area contributed by atoms with Crippen molar-refractivity contribution < 1.29 is 123 Å². The van der Waals surface area contributed by atoms with Gasteiger partial charge in [-0.3, -0.25) is 9.59 Å². The number of hydrogen-bond donors (Lipinski definition) is 0. The molecule has 14 heavy (non-hydrogen) atoms.